The molecule has 1 aliphatic carbocycles. The summed E-state index contributed by atoms with van der Waals surface area (Å²) in [5.41, 5.74) is 8.18. The summed E-state index contributed by atoms with van der Waals surface area (Å²) in [5.74, 6) is -0.372. The fraction of sp³-hybridized carbons (Fsp3) is 0.474. The number of nitrogens with two attached hydrogens (primary N) is 1. The van der Waals surface area contributed by atoms with Crippen LogP contribution >= 0.6 is 12.4 Å². The lowest BCUT2D eigenvalue weighted by Crippen LogP contribution is -2.55. The van der Waals surface area contributed by atoms with Crippen LogP contribution in [0, 0.1) is 12.7 Å². The van der Waals surface area contributed by atoms with Crippen LogP contribution in [0.3, 0.4) is 0 Å². The van der Waals surface area contributed by atoms with E-state index in [0.717, 1.165) is 49.0 Å². The van der Waals surface area contributed by atoms with E-state index in [0.29, 0.717) is 0 Å². The Hall–Kier alpha value is -1.92. The fourth-order valence-electron chi connectivity index (χ4n) is 3.52. The van der Waals surface area contributed by atoms with Gasteiger partial charge in [-0.1, -0.05) is 19.3 Å². The van der Waals surface area contributed by atoms with Gasteiger partial charge in [0.25, 0.3) is 0 Å². The van der Waals surface area contributed by atoms with Crippen molar-refractivity contribution in [2.75, 3.05) is 0 Å². The van der Waals surface area contributed by atoms with Crippen molar-refractivity contribution >= 4 is 18.3 Å². The molecule has 3 N–H and O–H groups in total. The number of nitrogens with one attached hydrogen (secondary N) is 1. The number of hydrogen-bond donors (Lipinski definition) is 2. The highest BCUT2D eigenvalue weighted by Gasteiger charge is 2.36. The molecule has 26 heavy (non-hydrogen) atoms. The molecular weight excluding hydrogens is 355 g/mol. The molecule has 7 heteroatoms. The van der Waals surface area contributed by atoms with Crippen LogP contribution in [0.4, 0.5) is 4.39 Å². The summed E-state index contributed by atoms with van der Waals surface area (Å²) in [7, 11) is 0. The zero-order valence-corrected chi connectivity index (χ0v) is 16.0. The molecule has 2 aromatic rings. The minimum atomic E-state index is -0.757. The molecule has 1 aliphatic rings. The van der Waals surface area contributed by atoms with E-state index in [4.69, 9.17) is 5.73 Å². The van der Waals surface area contributed by atoms with Crippen molar-refractivity contribution in [3.05, 3.63) is 47.5 Å². The average Bonchev–Trinajstić information content (AvgIpc) is 2.98. The van der Waals surface area contributed by atoms with E-state index in [-0.39, 0.29) is 30.2 Å². The third kappa shape index (κ3) is 4.07. The zero-order chi connectivity index (χ0) is 18.0. The Balaban J connectivity index is 0.00000243. The molecule has 1 amide bonds. The normalized spacial score (nSPS) is 17.2. The first-order valence-corrected chi connectivity index (χ1v) is 8.81. The molecule has 0 aliphatic heterocycles. The summed E-state index contributed by atoms with van der Waals surface area (Å²) in [6.07, 6.45) is 6.36. The Bertz CT molecular complexity index is 753. The van der Waals surface area contributed by atoms with E-state index in [9.17, 15) is 9.18 Å². The Labute approximate surface area is 159 Å². The molecule has 1 atom stereocenters. The third-order valence-electron chi connectivity index (χ3n) is 5.13. The predicted octanol–water partition coefficient (Wildman–Crippen LogP) is 3.58. The number of nitrogens with zero attached hydrogens (tertiary/aromatic N) is 2. The highest BCUT2D eigenvalue weighted by atomic mass is 35.5. The Kier molecular flexibility index (Phi) is 6.42. The van der Waals surface area contributed by atoms with E-state index < -0.39 is 5.54 Å². The van der Waals surface area contributed by atoms with Gasteiger partial charge < -0.3 is 11.1 Å². The molecule has 1 aromatic carbocycles. The molecule has 0 bridgehead atoms. The van der Waals surface area contributed by atoms with Crippen LogP contribution in [0.1, 0.15) is 56.3 Å². The van der Waals surface area contributed by atoms with Crippen molar-refractivity contribution in [1.29, 1.82) is 0 Å². The SMILES string of the molecule is Cc1c(C(C)NC(=O)C2(N)CCCCC2)cnn1-c1ccc(F)cc1.Cl. The highest BCUT2D eigenvalue weighted by Crippen LogP contribution is 2.27. The molecule has 5 nitrogen and oxygen atoms in total. The van der Waals surface area contributed by atoms with E-state index >= 15 is 0 Å². The van der Waals surface area contributed by atoms with E-state index in [1.807, 2.05) is 13.8 Å². The van der Waals surface area contributed by atoms with E-state index in [2.05, 4.69) is 10.4 Å². The van der Waals surface area contributed by atoms with Gasteiger partial charge in [0.1, 0.15) is 5.82 Å². The monoisotopic (exact) mass is 380 g/mol. The number of rotatable bonds is 4. The number of carbonyl (C=O) groups is 1. The molecule has 3 rings (SSSR count). The molecule has 1 fully saturated rings. The summed E-state index contributed by atoms with van der Waals surface area (Å²) in [6.45, 7) is 3.87. The average molecular weight is 381 g/mol. The van der Waals surface area contributed by atoms with Gasteiger partial charge in [0.2, 0.25) is 5.91 Å². The van der Waals surface area contributed by atoms with Gasteiger partial charge >= 0.3 is 0 Å². The summed E-state index contributed by atoms with van der Waals surface area (Å²) in [6, 6.07) is 5.98. The van der Waals surface area contributed by atoms with Crippen LogP contribution < -0.4 is 11.1 Å². The van der Waals surface area contributed by atoms with Gasteiger partial charge in [-0.25, -0.2) is 9.07 Å². The number of aromatic nitrogens is 2. The predicted molar refractivity (Wildman–Crippen MR) is 102 cm³/mol. The van der Waals surface area contributed by atoms with Crippen LogP contribution in [-0.2, 0) is 4.79 Å². The number of benzene rings is 1. The van der Waals surface area contributed by atoms with Gasteiger partial charge in [-0.05, 0) is 51.0 Å². The second-order valence-corrected chi connectivity index (χ2v) is 6.99. The number of amides is 1. The smallest absolute Gasteiger partial charge is 0.240 e. The van der Waals surface area contributed by atoms with Gasteiger partial charge in [-0.3, -0.25) is 4.79 Å². The summed E-state index contributed by atoms with van der Waals surface area (Å²) in [5, 5.41) is 7.43. The summed E-state index contributed by atoms with van der Waals surface area (Å²) >= 11 is 0. The minimum Gasteiger partial charge on any atom is -0.348 e. The van der Waals surface area contributed by atoms with Gasteiger partial charge in [-0.2, -0.15) is 5.10 Å². The van der Waals surface area contributed by atoms with Crippen molar-refractivity contribution in [1.82, 2.24) is 15.1 Å². The molecule has 0 radical (unpaired) electrons. The first kappa shape index (κ1) is 20.4. The Morgan fingerprint density at radius 1 is 1.27 bits per heavy atom. The lowest BCUT2D eigenvalue weighted by Gasteiger charge is -2.33. The molecular formula is C19H26ClFN4O. The Morgan fingerprint density at radius 3 is 2.50 bits per heavy atom. The van der Waals surface area contributed by atoms with Crippen molar-refractivity contribution in [3.63, 3.8) is 0 Å². The maximum atomic E-state index is 13.1. The molecule has 1 heterocycles. The minimum absolute atomic E-state index is 0. The van der Waals surface area contributed by atoms with Gasteiger partial charge in [-0.15, -0.1) is 12.4 Å². The van der Waals surface area contributed by atoms with Crippen molar-refractivity contribution in [2.45, 2.75) is 57.5 Å². The van der Waals surface area contributed by atoms with Crippen LogP contribution in [0.2, 0.25) is 0 Å². The van der Waals surface area contributed by atoms with Crippen molar-refractivity contribution < 1.29 is 9.18 Å². The standard InChI is InChI=1S/C19H25FN4O.ClH/c1-13(23-18(25)19(21)10-4-3-5-11-19)17-12-22-24(14(17)2)16-8-6-15(20)7-9-16;/h6-9,12-13H,3-5,10-11,21H2,1-2H3,(H,23,25);1H. The summed E-state index contributed by atoms with van der Waals surface area (Å²) in [4.78, 5) is 12.6. The molecule has 0 saturated heterocycles. The van der Waals surface area contributed by atoms with E-state index in [1.54, 1.807) is 23.0 Å². The molecule has 142 valence electrons. The van der Waals surface area contributed by atoms with Crippen LogP contribution in [0.25, 0.3) is 5.69 Å². The van der Waals surface area contributed by atoms with Gasteiger partial charge in [0.15, 0.2) is 0 Å². The largest absolute Gasteiger partial charge is 0.348 e. The first-order chi connectivity index (χ1) is 11.9. The van der Waals surface area contributed by atoms with E-state index in [1.165, 1.54) is 12.1 Å². The Morgan fingerprint density at radius 2 is 1.88 bits per heavy atom. The topological polar surface area (TPSA) is 72.9 Å². The van der Waals surface area contributed by atoms with Crippen molar-refractivity contribution in [2.24, 2.45) is 5.73 Å². The van der Waals surface area contributed by atoms with Crippen molar-refractivity contribution in [3.8, 4) is 5.69 Å². The number of carbonyl (C=O) groups excluding carboxylic acids is 1. The highest BCUT2D eigenvalue weighted by molar-refractivity contribution is 5.86. The lowest BCUT2D eigenvalue weighted by molar-refractivity contribution is -0.128. The van der Waals surface area contributed by atoms with Gasteiger partial charge in [0, 0.05) is 11.3 Å². The summed E-state index contributed by atoms with van der Waals surface area (Å²) < 4.78 is 14.8. The zero-order valence-electron chi connectivity index (χ0n) is 15.2. The molecule has 0 spiro atoms. The quantitative estimate of drug-likeness (QED) is 0.851. The number of halogens is 2. The second-order valence-electron chi connectivity index (χ2n) is 6.99. The van der Waals surface area contributed by atoms with Crippen LogP contribution in [0.5, 0.6) is 0 Å². The molecule has 1 saturated carbocycles. The maximum Gasteiger partial charge on any atom is 0.240 e. The second kappa shape index (κ2) is 8.18. The van der Waals surface area contributed by atoms with Gasteiger partial charge in [0.05, 0.1) is 23.5 Å². The van der Waals surface area contributed by atoms with Crippen LogP contribution in [0.15, 0.2) is 30.5 Å². The lowest BCUT2D eigenvalue weighted by atomic mass is 9.81. The first-order valence-electron chi connectivity index (χ1n) is 8.81. The van der Waals surface area contributed by atoms with Crippen LogP contribution in [-0.4, -0.2) is 21.2 Å². The molecule has 1 aromatic heterocycles. The maximum absolute atomic E-state index is 13.1. The number of hydrogen-bond acceptors (Lipinski definition) is 3. The molecule has 1 unspecified atom stereocenters. The third-order valence-corrected chi connectivity index (χ3v) is 5.13. The fourth-order valence-corrected chi connectivity index (χ4v) is 3.52.